The van der Waals surface area contributed by atoms with Crippen LogP contribution in [0, 0.1) is 6.92 Å². The molecule has 90 valence electrons. The summed E-state index contributed by atoms with van der Waals surface area (Å²) in [4.78, 5) is 8.27. The van der Waals surface area contributed by atoms with Crippen LogP contribution >= 0.6 is 0 Å². The van der Waals surface area contributed by atoms with Crippen LogP contribution in [-0.2, 0) is 7.05 Å². The third-order valence-electron chi connectivity index (χ3n) is 2.29. The van der Waals surface area contributed by atoms with Crippen molar-refractivity contribution < 1.29 is 4.74 Å². The maximum absolute atomic E-state index is 5.41. The predicted octanol–water partition coefficient (Wildman–Crippen LogP) is 1.66. The molecule has 6 heteroatoms. The van der Waals surface area contributed by atoms with E-state index in [2.05, 4.69) is 20.4 Å². The van der Waals surface area contributed by atoms with Crippen molar-refractivity contribution >= 4 is 11.5 Å². The molecule has 0 aromatic carbocycles. The van der Waals surface area contributed by atoms with Gasteiger partial charge >= 0.3 is 0 Å². The molecule has 2 heterocycles. The molecule has 0 saturated heterocycles. The summed E-state index contributed by atoms with van der Waals surface area (Å²) in [5, 5.41) is 7.26. The topological polar surface area (TPSA) is 64.9 Å². The lowest BCUT2D eigenvalue weighted by Gasteiger charge is -2.09. The van der Waals surface area contributed by atoms with Gasteiger partial charge in [0.25, 0.3) is 0 Å². The average Bonchev–Trinajstić information content (AvgIpc) is 2.70. The quantitative estimate of drug-likeness (QED) is 0.870. The van der Waals surface area contributed by atoms with Crippen molar-refractivity contribution in [1.82, 2.24) is 19.7 Å². The molecule has 0 aliphatic rings. The average molecular weight is 233 g/mol. The Balaban J connectivity index is 2.23. The zero-order chi connectivity index (χ0) is 12.3. The Kier molecular flexibility index (Phi) is 3.22. The first-order valence-corrected chi connectivity index (χ1v) is 5.40. The van der Waals surface area contributed by atoms with Crippen LogP contribution in [0.4, 0.5) is 11.5 Å². The number of rotatable bonds is 4. The molecule has 1 N–H and O–H groups in total. The highest BCUT2D eigenvalue weighted by molar-refractivity contribution is 5.59. The van der Waals surface area contributed by atoms with Crippen molar-refractivity contribution in [2.75, 3.05) is 11.9 Å². The molecule has 2 rings (SSSR count). The van der Waals surface area contributed by atoms with Gasteiger partial charge < -0.3 is 10.1 Å². The SMILES string of the molecule is CCOc1ncnc(Nc2cnn(C)c2)c1C. The predicted molar refractivity (Wildman–Crippen MR) is 64.4 cm³/mol. The Morgan fingerprint density at radius 1 is 1.41 bits per heavy atom. The normalized spacial score (nSPS) is 10.3. The largest absolute Gasteiger partial charge is 0.478 e. The van der Waals surface area contributed by atoms with E-state index >= 15 is 0 Å². The smallest absolute Gasteiger partial charge is 0.221 e. The first-order chi connectivity index (χ1) is 8.20. The van der Waals surface area contributed by atoms with Gasteiger partial charge in [0.05, 0.1) is 24.1 Å². The summed E-state index contributed by atoms with van der Waals surface area (Å²) < 4.78 is 7.13. The van der Waals surface area contributed by atoms with E-state index in [9.17, 15) is 0 Å². The van der Waals surface area contributed by atoms with Crippen LogP contribution in [-0.4, -0.2) is 26.4 Å². The molecule has 6 nitrogen and oxygen atoms in total. The van der Waals surface area contributed by atoms with E-state index < -0.39 is 0 Å². The van der Waals surface area contributed by atoms with Gasteiger partial charge in [-0.2, -0.15) is 5.10 Å². The van der Waals surface area contributed by atoms with Crippen molar-refractivity contribution in [3.63, 3.8) is 0 Å². The maximum Gasteiger partial charge on any atom is 0.221 e. The minimum Gasteiger partial charge on any atom is -0.478 e. The highest BCUT2D eigenvalue weighted by Gasteiger charge is 2.08. The van der Waals surface area contributed by atoms with Crippen LogP contribution in [0.25, 0.3) is 0 Å². The van der Waals surface area contributed by atoms with E-state index in [0.29, 0.717) is 12.5 Å². The molecule has 0 atom stereocenters. The van der Waals surface area contributed by atoms with Crippen LogP contribution in [0.2, 0.25) is 0 Å². The Morgan fingerprint density at radius 2 is 2.24 bits per heavy atom. The van der Waals surface area contributed by atoms with Gasteiger partial charge in [0.15, 0.2) is 0 Å². The molecule has 17 heavy (non-hydrogen) atoms. The number of anilines is 2. The fourth-order valence-electron chi connectivity index (χ4n) is 1.46. The van der Waals surface area contributed by atoms with E-state index in [1.165, 1.54) is 6.33 Å². The minimum absolute atomic E-state index is 0.587. The van der Waals surface area contributed by atoms with E-state index in [1.54, 1.807) is 10.9 Å². The van der Waals surface area contributed by atoms with Gasteiger partial charge in [0, 0.05) is 13.2 Å². The highest BCUT2D eigenvalue weighted by atomic mass is 16.5. The number of nitrogens with zero attached hydrogens (tertiary/aromatic N) is 4. The summed E-state index contributed by atoms with van der Waals surface area (Å²) >= 11 is 0. The van der Waals surface area contributed by atoms with Crippen LogP contribution in [0.3, 0.4) is 0 Å². The van der Waals surface area contributed by atoms with E-state index in [-0.39, 0.29) is 0 Å². The van der Waals surface area contributed by atoms with Gasteiger partial charge in [0.2, 0.25) is 5.88 Å². The third-order valence-corrected chi connectivity index (χ3v) is 2.29. The molecule has 0 amide bonds. The van der Waals surface area contributed by atoms with Gasteiger partial charge in [-0.25, -0.2) is 9.97 Å². The van der Waals surface area contributed by atoms with Gasteiger partial charge in [-0.15, -0.1) is 0 Å². The van der Waals surface area contributed by atoms with Crippen molar-refractivity contribution in [3.05, 3.63) is 24.3 Å². The minimum atomic E-state index is 0.587. The zero-order valence-corrected chi connectivity index (χ0v) is 10.1. The van der Waals surface area contributed by atoms with Crippen molar-refractivity contribution in [1.29, 1.82) is 0 Å². The first kappa shape index (κ1) is 11.4. The van der Waals surface area contributed by atoms with E-state index in [4.69, 9.17) is 4.74 Å². The Morgan fingerprint density at radius 3 is 2.88 bits per heavy atom. The summed E-state index contributed by atoms with van der Waals surface area (Å²) in [5.74, 6) is 1.34. The second kappa shape index (κ2) is 4.82. The molecular formula is C11H15N5O. The number of aromatic nitrogens is 4. The molecule has 0 saturated carbocycles. The number of aryl methyl sites for hydroxylation is 1. The van der Waals surface area contributed by atoms with Crippen LogP contribution in [0.1, 0.15) is 12.5 Å². The third kappa shape index (κ3) is 2.52. The van der Waals surface area contributed by atoms with Crippen molar-refractivity contribution in [2.45, 2.75) is 13.8 Å². The van der Waals surface area contributed by atoms with Crippen LogP contribution in [0.5, 0.6) is 5.88 Å². The lowest BCUT2D eigenvalue weighted by molar-refractivity contribution is 0.324. The lowest BCUT2D eigenvalue weighted by Crippen LogP contribution is -2.02. The molecule has 0 aliphatic heterocycles. The van der Waals surface area contributed by atoms with Crippen LogP contribution < -0.4 is 10.1 Å². The first-order valence-electron chi connectivity index (χ1n) is 5.40. The zero-order valence-electron chi connectivity index (χ0n) is 10.1. The Hall–Kier alpha value is -2.11. The van der Waals surface area contributed by atoms with Gasteiger partial charge in [0.1, 0.15) is 12.1 Å². The number of nitrogens with one attached hydrogen (secondary N) is 1. The van der Waals surface area contributed by atoms with E-state index in [0.717, 1.165) is 17.1 Å². The summed E-state index contributed by atoms with van der Waals surface area (Å²) in [6.45, 7) is 4.43. The fourth-order valence-corrected chi connectivity index (χ4v) is 1.46. The molecule has 0 radical (unpaired) electrons. The van der Waals surface area contributed by atoms with Crippen molar-refractivity contribution in [2.24, 2.45) is 7.05 Å². The summed E-state index contributed by atoms with van der Waals surface area (Å²) in [7, 11) is 1.86. The summed E-state index contributed by atoms with van der Waals surface area (Å²) in [5.41, 5.74) is 1.77. The molecule has 2 aromatic heterocycles. The van der Waals surface area contributed by atoms with Crippen molar-refractivity contribution in [3.8, 4) is 5.88 Å². The van der Waals surface area contributed by atoms with Gasteiger partial charge in [-0.3, -0.25) is 4.68 Å². The number of hydrogen-bond acceptors (Lipinski definition) is 5. The highest BCUT2D eigenvalue weighted by Crippen LogP contribution is 2.23. The molecular weight excluding hydrogens is 218 g/mol. The fraction of sp³-hybridized carbons (Fsp3) is 0.364. The van der Waals surface area contributed by atoms with Gasteiger partial charge in [-0.1, -0.05) is 0 Å². The lowest BCUT2D eigenvalue weighted by atomic mass is 10.3. The second-order valence-corrected chi connectivity index (χ2v) is 3.61. The molecule has 0 unspecified atom stereocenters. The van der Waals surface area contributed by atoms with E-state index in [1.807, 2.05) is 27.1 Å². The standard InChI is InChI=1S/C11H15N5O/c1-4-17-11-8(2)10(12-7-13-11)15-9-5-14-16(3)6-9/h5-7H,4H2,1-3H3,(H,12,13,15). The molecule has 0 spiro atoms. The second-order valence-electron chi connectivity index (χ2n) is 3.61. The molecule has 0 fully saturated rings. The summed E-state index contributed by atoms with van der Waals surface area (Å²) in [6.07, 6.45) is 5.10. The maximum atomic E-state index is 5.41. The summed E-state index contributed by atoms with van der Waals surface area (Å²) in [6, 6.07) is 0. The molecule has 2 aromatic rings. The number of ether oxygens (including phenoxy) is 1. The Bertz CT molecular complexity index is 508. The monoisotopic (exact) mass is 233 g/mol. The Labute approximate surface area is 99.7 Å². The molecule has 0 bridgehead atoms. The molecule has 0 aliphatic carbocycles. The number of hydrogen-bond donors (Lipinski definition) is 1. The van der Waals surface area contributed by atoms with Gasteiger partial charge in [-0.05, 0) is 13.8 Å². The van der Waals surface area contributed by atoms with Crippen LogP contribution in [0.15, 0.2) is 18.7 Å².